The molecule has 3 heteroatoms. The maximum Gasteiger partial charge on any atom is 0.0507 e. The van der Waals surface area contributed by atoms with E-state index in [1.165, 1.54) is 32.4 Å². The van der Waals surface area contributed by atoms with Gasteiger partial charge in [0.15, 0.2) is 0 Å². The molecule has 0 spiro atoms. The lowest BCUT2D eigenvalue weighted by Crippen LogP contribution is -2.35. The summed E-state index contributed by atoms with van der Waals surface area (Å²) in [5.74, 6) is 0.805. The molecule has 0 N–H and O–H groups in total. The number of rotatable bonds is 3. The maximum atomic E-state index is 5.40. The van der Waals surface area contributed by atoms with Gasteiger partial charge in [0, 0.05) is 24.5 Å². The molecule has 0 aromatic carbocycles. The van der Waals surface area contributed by atoms with E-state index in [4.69, 9.17) is 4.74 Å². The van der Waals surface area contributed by atoms with Gasteiger partial charge in [0.1, 0.15) is 0 Å². The molecule has 0 radical (unpaired) electrons. The molecule has 2 fully saturated rings. The molecule has 2 unspecified atom stereocenters. The van der Waals surface area contributed by atoms with Crippen molar-refractivity contribution in [1.29, 1.82) is 0 Å². The minimum atomic E-state index is 0.792. The molecule has 0 aromatic heterocycles. The van der Waals surface area contributed by atoms with Gasteiger partial charge in [-0.1, -0.05) is 15.9 Å². The van der Waals surface area contributed by atoms with Crippen LogP contribution in [0, 0.1) is 5.92 Å². The van der Waals surface area contributed by atoms with Gasteiger partial charge in [0.25, 0.3) is 0 Å². The van der Waals surface area contributed by atoms with Gasteiger partial charge in [-0.15, -0.1) is 0 Å². The number of alkyl halides is 1. The highest BCUT2D eigenvalue weighted by atomic mass is 79.9. The molecular weight excluding hydrogens is 230 g/mol. The summed E-state index contributed by atoms with van der Waals surface area (Å²) in [4.78, 5) is 2.63. The Hall–Kier alpha value is 0.400. The Morgan fingerprint density at radius 1 is 1.38 bits per heavy atom. The molecule has 2 aliphatic heterocycles. The monoisotopic (exact) mass is 247 g/mol. The highest BCUT2D eigenvalue weighted by Crippen LogP contribution is 2.22. The van der Waals surface area contributed by atoms with Crippen molar-refractivity contribution in [1.82, 2.24) is 4.90 Å². The van der Waals surface area contributed by atoms with E-state index in [1.807, 2.05) is 0 Å². The third-order valence-electron chi connectivity index (χ3n) is 3.19. The van der Waals surface area contributed by atoms with Crippen LogP contribution in [0.4, 0.5) is 0 Å². The van der Waals surface area contributed by atoms with Crippen molar-refractivity contribution in [3.8, 4) is 0 Å². The quantitative estimate of drug-likeness (QED) is 0.707. The van der Waals surface area contributed by atoms with Gasteiger partial charge >= 0.3 is 0 Å². The first-order valence-electron chi connectivity index (χ1n) is 5.28. The number of halogens is 1. The van der Waals surface area contributed by atoms with E-state index in [0.29, 0.717) is 0 Å². The van der Waals surface area contributed by atoms with Crippen LogP contribution in [0.3, 0.4) is 0 Å². The number of hydrogen-bond acceptors (Lipinski definition) is 2. The standard InChI is InChI=1S/C10H18BrNO/c11-6-10-2-1-4-12(10)7-9-3-5-13-8-9/h9-10H,1-8H2. The van der Waals surface area contributed by atoms with Crippen LogP contribution in [-0.4, -0.2) is 42.6 Å². The van der Waals surface area contributed by atoms with Gasteiger partial charge in [0.05, 0.1) is 6.61 Å². The van der Waals surface area contributed by atoms with Crippen LogP contribution in [0.25, 0.3) is 0 Å². The average Bonchev–Trinajstić information content (AvgIpc) is 2.76. The predicted molar refractivity (Wildman–Crippen MR) is 57.3 cm³/mol. The number of nitrogens with zero attached hydrogens (tertiary/aromatic N) is 1. The molecule has 2 nitrogen and oxygen atoms in total. The normalized spacial score (nSPS) is 35.8. The van der Waals surface area contributed by atoms with Crippen LogP contribution in [0.5, 0.6) is 0 Å². The van der Waals surface area contributed by atoms with Crippen molar-refractivity contribution < 1.29 is 4.74 Å². The van der Waals surface area contributed by atoms with Crippen LogP contribution in [-0.2, 0) is 4.74 Å². The molecule has 2 aliphatic rings. The lowest BCUT2D eigenvalue weighted by Gasteiger charge is -2.25. The second kappa shape index (κ2) is 4.76. The Bertz CT molecular complexity index is 159. The van der Waals surface area contributed by atoms with Crippen LogP contribution < -0.4 is 0 Å². The van der Waals surface area contributed by atoms with E-state index < -0.39 is 0 Å². The fraction of sp³-hybridized carbons (Fsp3) is 1.00. The number of ether oxygens (including phenoxy) is 1. The van der Waals surface area contributed by atoms with E-state index in [1.54, 1.807) is 0 Å². The van der Waals surface area contributed by atoms with E-state index in [0.717, 1.165) is 30.5 Å². The maximum absolute atomic E-state index is 5.40. The predicted octanol–water partition coefficient (Wildman–Crippen LogP) is 1.88. The van der Waals surface area contributed by atoms with Crippen LogP contribution in [0.2, 0.25) is 0 Å². The van der Waals surface area contributed by atoms with Crippen molar-refractivity contribution in [2.75, 3.05) is 31.6 Å². The number of hydrogen-bond donors (Lipinski definition) is 0. The smallest absolute Gasteiger partial charge is 0.0507 e. The van der Waals surface area contributed by atoms with Crippen LogP contribution in [0.15, 0.2) is 0 Å². The van der Waals surface area contributed by atoms with Gasteiger partial charge in [-0.05, 0) is 31.7 Å². The van der Waals surface area contributed by atoms with E-state index in [-0.39, 0.29) is 0 Å². The topological polar surface area (TPSA) is 12.5 Å². The van der Waals surface area contributed by atoms with Crippen LogP contribution in [0.1, 0.15) is 19.3 Å². The first kappa shape index (κ1) is 9.94. The summed E-state index contributed by atoms with van der Waals surface area (Å²) in [6, 6.07) is 0.792. The zero-order chi connectivity index (χ0) is 9.10. The van der Waals surface area contributed by atoms with Gasteiger partial charge < -0.3 is 4.74 Å². The molecule has 0 bridgehead atoms. The molecule has 76 valence electrons. The first-order valence-corrected chi connectivity index (χ1v) is 6.40. The summed E-state index contributed by atoms with van der Waals surface area (Å²) in [7, 11) is 0. The van der Waals surface area contributed by atoms with Gasteiger partial charge in [-0.2, -0.15) is 0 Å². The van der Waals surface area contributed by atoms with Crippen molar-refractivity contribution in [2.45, 2.75) is 25.3 Å². The van der Waals surface area contributed by atoms with Crippen LogP contribution >= 0.6 is 15.9 Å². The molecule has 2 atom stereocenters. The molecule has 0 saturated carbocycles. The summed E-state index contributed by atoms with van der Waals surface area (Å²) in [5.41, 5.74) is 0. The van der Waals surface area contributed by atoms with Crippen molar-refractivity contribution in [3.05, 3.63) is 0 Å². The summed E-state index contributed by atoms with van der Waals surface area (Å²) >= 11 is 3.59. The molecule has 0 aliphatic carbocycles. The van der Waals surface area contributed by atoms with Crippen molar-refractivity contribution in [2.24, 2.45) is 5.92 Å². The Labute approximate surface area is 88.8 Å². The highest BCUT2D eigenvalue weighted by Gasteiger charge is 2.27. The van der Waals surface area contributed by atoms with Crippen molar-refractivity contribution >= 4 is 15.9 Å². The Kier molecular flexibility index (Phi) is 3.64. The second-order valence-electron chi connectivity index (χ2n) is 4.17. The largest absolute Gasteiger partial charge is 0.381 e. The number of likely N-dealkylation sites (tertiary alicyclic amines) is 1. The molecule has 2 saturated heterocycles. The van der Waals surface area contributed by atoms with Gasteiger partial charge in [0.2, 0.25) is 0 Å². The Morgan fingerprint density at radius 3 is 3.00 bits per heavy atom. The molecule has 2 rings (SSSR count). The van der Waals surface area contributed by atoms with E-state index in [9.17, 15) is 0 Å². The van der Waals surface area contributed by atoms with E-state index >= 15 is 0 Å². The molecule has 13 heavy (non-hydrogen) atoms. The summed E-state index contributed by atoms with van der Waals surface area (Å²) in [6.07, 6.45) is 4.02. The highest BCUT2D eigenvalue weighted by molar-refractivity contribution is 9.09. The molecule has 0 aromatic rings. The zero-order valence-electron chi connectivity index (χ0n) is 8.04. The van der Waals surface area contributed by atoms with Gasteiger partial charge in [-0.25, -0.2) is 0 Å². The van der Waals surface area contributed by atoms with Gasteiger partial charge in [-0.3, -0.25) is 4.90 Å². The fourth-order valence-electron chi connectivity index (χ4n) is 2.37. The summed E-state index contributed by atoms with van der Waals surface area (Å²) < 4.78 is 5.40. The minimum Gasteiger partial charge on any atom is -0.381 e. The lowest BCUT2D eigenvalue weighted by molar-refractivity contribution is 0.166. The molecule has 2 heterocycles. The third-order valence-corrected chi connectivity index (χ3v) is 3.94. The Morgan fingerprint density at radius 2 is 2.31 bits per heavy atom. The minimum absolute atomic E-state index is 0.792. The summed E-state index contributed by atoms with van der Waals surface area (Å²) in [5, 5.41) is 1.14. The molecular formula is C10H18BrNO. The average molecular weight is 248 g/mol. The summed E-state index contributed by atoms with van der Waals surface area (Å²) in [6.45, 7) is 4.53. The SMILES string of the molecule is BrCC1CCCN1CC1CCOC1. The fourth-order valence-corrected chi connectivity index (χ4v) is 3.10. The van der Waals surface area contributed by atoms with Crippen molar-refractivity contribution in [3.63, 3.8) is 0 Å². The third kappa shape index (κ3) is 2.45. The second-order valence-corrected chi connectivity index (χ2v) is 4.82. The lowest BCUT2D eigenvalue weighted by atomic mass is 10.1. The first-order chi connectivity index (χ1) is 6.40. The van der Waals surface area contributed by atoms with E-state index in [2.05, 4.69) is 20.8 Å². The molecule has 0 amide bonds. The Balaban J connectivity index is 1.79. The zero-order valence-corrected chi connectivity index (χ0v) is 9.63.